The third-order valence-electron chi connectivity index (χ3n) is 5.65. The normalized spacial score (nSPS) is 17.6. The highest BCUT2D eigenvalue weighted by molar-refractivity contribution is 6.12. The molecule has 6 nitrogen and oxygen atoms in total. The van der Waals surface area contributed by atoms with E-state index in [1.165, 1.54) is 26.2 Å². The van der Waals surface area contributed by atoms with Crippen molar-refractivity contribution in [3.05, 3.63) is 70.3 Å². The second kappa shape index (κ2) is 8.73. The number of piperidine rings is 1. The summed E-state index contributed by atoms with van der Waals surface area (Å²) in [5.41, 5.74) is 0.717. The molecule has 1 atom stereocenters. The standard InChI is InChI=1S/C24H21F3N2O4/c1-13(30)14-3-4-16(19(9-14)24(25,26)27)12-33-20-6-5-15(10-21(20)32-2)18-11-22(31)29-23-17(18)7-8-28-23/h3-7,9-10,18H,8,11-12H2,1-2H3,(H,28,29,31). The lowest BCUT2D eigenvalue weighted by Crippen LogP contribution is -2.38. The maximum absolute atomic E-state index is 13.5. The molecule has 4 rings (SSSR count). The predicted molar refractivity (Wildman–Crippen MR) is 115 cm³/mol. The lowest BCUT2D eigenvalue weighted by Gasteiger charge is -2.26. The number of nitrogens with zero attached hydrogens (tertiary/aromatic N) is 1. The smallest absolute Gasteiger partial charge is 0.416 e. The largest absolute Gasteiger partial charge is 0.493 e. The third kappa shape index (κ3) is 4.62. The highest BCUT2D eigenvalue weighted by Gasteiger charge is 2.34. The van der Waals surface area contributed by atoms with Gasteiger partial charge >= 0.3 is 6.18 Å². The molecule has 2 aliphatic rings. The van der Waals surface area contributed by atoms with Crippen LogP contribution in [0.5, 0.6) is 11.5 Å². The summed E-state index contributed by atoms with van der Waals surface area (Å²) in [5, 5.41) is 2.76. The Balaban J connectivity index is 1.58. The van der Waals surface area contributed by atoms with Crippen molar-refractivity contribution in [2.45, 2.75) is 32.0 Å². The van der Waals surface area contributed by atoms with Crippen molar-refractivity contribution >= 4 is 17.5 Å². The average Bonchev–Trinajstić information content (AvgIpc) is 3.24. The Labute approximate surface area is 188 Å². The Morgan fingerprint density at radius 1 is 1.18 bits per heavy atom. The number of hydrogen-bond acceptors (Lipinski definition) is 5. The summed E-state index contributed by atoms with van der Waals surface area (Å²) in [4.78, 5) is 27.8. The van der Waals surface area contributed by atoms with E-state index in [1.807, 2.05) is 6.08 Å². The number of amides is 1. The Morgan fingerprint density at radius 2 is 1.97 bits per heavy atom. The average molecular weight is 458 g/mol. The van der Waals surface area contributed by atoms with Crippen LogP contribution < -0.4 is 14.8 Å². The molecule has 172 valence electrons. The van der Waals surface area contributed by atoms with Gasteiger partial charge in [0.25, 0.3) is 0 Å². The fourth-order valence-electron chi connectivity index (χ4n) is 3.98. The van der Waals surface area contributed by atoms with Crippen LogP contribution >= 0.6 is 0 Å². The number of benzene rings is 2. The van der Waals surface area contributed by atoms with Crippen LogP contribution in [-0.4, -0.2) is 31.2 Å². The molecule has 0 radical (unpaired) electrons. The van der Waals surface area contributed by atoms with Crippen molar-refractivity contribution in [1.29, 1.82) is 0 Å². The van der Waals surface area contributed by atoms with Crippen LogP contribution in [0.2, 0.25) is 0 Å². The number of Topliss-reactive ketones (excluding diaryl/α,β-unsaturated/α-hetero) is 1. The van der Waals surface area contributed by atoms with E-state index in [9.17, 15) is 22.8 Å². The Kier molecular flexibility index (Phi) is 5.97. The number of fused-ring (bicyclic) bond motifs is 1. The van der Waals surface area contributed by atoms with Gasteiger partial charge in [-0.3, -0.25) is 14.6 Å². The number of methoxy groups -OCH3 is 1. The van der Waals surface area contributed by atoms with Gasteiger partial charge in [0.05, 0.1) is 19.2 Å². The van der Waals surface area contributed by atoms with Crippen molar-refractivity contribution in [2.75, 3.05) is 13.7 Å². The van der Waals surface area contributed by atoms with E-state index in [1.54, 1.807) is 18.2 Å². The maximum Gasteiger partial charge on any atom is 0.416 e. The number of carbonyl (C=O) groups is 2. The minimum absolute atomic E-state index is 0.0198. The summed E-state index contributed by atoms with van der Waals surface area (Å²) in [6.45, 7) is 1.35. The second-order valence-electron chi connectivity index (χ2n) is 7.78. The van der Waals surface area contributed by atoms with Crippen LogP contribution in [0.25, 0.3) is 0 Å². The topological polar surface area (TPSA) is 77.0 Å². The van der Waals surface area contributed by atoms with E-state index in [0.29, 0.717) is 18.1 Å². The fraction of sp³-hybridized carbons (Fsp3) is 0.292. The molecular formula is C24H21F3N2O4. The van der Waals surface area contributed by atoms with Crippen molar-refractivity contribution in [1.82, 2.24) is 5.32 Å². The molecule has 9 heteroatoms. The molecule has 1 unspecified atom stereocenters. The fourth-order valence-corrected chi connectivity index (χ4v) is 3.98. The van der Waals surface area contributed by atoms with Crippen LogP contribution in [0.3, 0.4) is 0 Å². The van der Waals surface area contributed by atoms with Gasteiger partial charge in [-0.1, -0.05) is 24.3 Å². The van der Waals surface area contributed by atoms with E-state index >= 15 is 0 Å². The molecule has 0 aliphatic carbocycles. The van der Waals surface area contributed by atoms with Crippen LogP contribution in [0.4, 0.5) is 13.2 Å². The van der Waals surface area contributed by atoms with Gasteiger partial charge in [-0.15, -0.1) is 0 Å². The molecule has 1 saturated heterocycles. The molecule has 2 aromatic carbocycles. The molecule has 0 aromatic heterocycles. The van der Waals surface area contributed by atoms with E-state index in [-0.39, 0.29) is 41.7 Å². The van der Waals surface area contributed by atoms with E-state index in [4.69, 9.17) is 9.47 Å². The summed E-state index contributed by atoms with van der Waals surface area (Å²) in [5.74, 6) is 0.394. The molecule has 0 bridgehead atoms. The molecule has 2 aromatic rings. The van der Waals surface area contributed by atoms with Crippen LogP contribution in [0.15, 0.2) is 53.0 Å². The zero-order valence-corrected chi connectivity index (χ0v) is 18.0. The van der Waals surface area contributed by atoms with Gasteiger partial charge in [-0.25, -0.2) is 0 Å². The van der Waals surface area contributed by atoms with Gasteiger partial charge in [0.15, 0.2) is 17.3 Å². The van der Waals surface area contributed by atoms with Gasteiger partial charge in [-0.2, -0.15) is 13.2 Å². The molecule has 2 aliphatic heterocycles. The molecular weight excluding hydrogens is 437 g/mol. The Bertz CT molecular complexity index is 1180. The van der Waals surface area contributed by atoms with Crippen LogP contribution in [-0.2, 0) is 17.6 Å². The highest BCUT2D eigenvalue weighted by atomic mass is 19.4. The summed E-state index contributed by atoms with van der Waals surface area (Å²) in [7, 11) is 1.43. The zero-order chi connectivity index (χ0) is 23.8. The molecule has 1 N–H and O–H groups in total. The first kappa shape index (κ1) is 22.6. The minimum Gasteiger partial charge on any atom is -0.493 e. The monoisotopic (exact) mass is 458 g/mol. The molecule has 0 spiro atoms. The first-order valence-electron chi connectivity index (χ1n) is 10.2. The minimum atomic E-state index is -4.63. The lowest BCUT2D eigenvalue weighted by atomic mass is 9.85. The number of alkyl halides is 3. The highest BCUT2D eigenvalue weighted by Crippen LogP contribution is 2.39. The van der Waals surface area contributed by atoms with Gasteiger partial charge in [0.2, 0.25) is 5.91 Å². The first-order chi connectivity index (χ1) is 15.7. The number of ether oxygens (including phenoxy) is 2. The zero-order valence-electron chi connectivity index (χ0n) is 18.0. The number of ketones is 1. The van der Waals surface area contributed by atoms with Gasteiger partial charge in [-0.05, 0) is 30.7 Å². The van der Waals surface area contributed by atoms with Gasteiger partial charge in [0.1, 0.15) is 12.4 Å². The predicted octanol–water partition coefficient (Wildman–Crippen LogP) is 4.44. The first-order valence-corrected chi connectivity index (χ1v) is 10.2. The second-order valence-corrected chi connectivity index (χ2v) is 7.78. The van der Waals surface area contributed by atoms with E-state index < -0.39 is 17.5 Å². The number of aliphatic imine (C=N–C) groups is 1. The Morgan fingerprint density at radius 3 is 2.67 bits per heavy atom. The van der Waals surface area contributed by atoms with Crippen molar-refractivity contribution in [3.63, 3.8) is 0 Å². The number of carbonyl (C=O) groups excluding carboxylic acids is 2. The molecule has 0 saturated carbocycles. The SMILES string of the molecule is COc1cc(C2CC(=O)NC3=NCC=C32)ccc1OCc1ccc(C(C)=O)cc1C(F)(F)F. The molecule has 1 amide bonds. The summed E-state index contributed by atoms with van der Waals surface area (Å²) >= 11 is 0. The summed E-state index contributed by atoms with van der Waals surface area (Å²) < 4.78 is 51.6. The number of nitrogens with one attached hydrogen (secondary N) is 1. The number of halogens is 3. The molecule has 33 heavy (non-hydrogen) atoms. The van der Waals surface area contributed by atoms with Crippen LogP contribution in [0.1, 0.15) is 46.3 Å². The lowest BCUT2D eigenvalue weighted by molar-refractivity contribution is -0.138. The van der Waals surface area contributed by atoms with Crippen molar-refractivity contribution in [2.24, 2.45) is 4.99 Å². The molecule has 2 heterocycles. The number of rotatable bonds is 6. The number of hydrogen-bond donors (Lipinski definition) is 1. The van der Waals surface area contributed by atoms with Crippen molar-refractivity contribution < 1.29 is 32.2 Å². The third-order valence-corrected chi connectivity index (χ3v) is 5.65. The molecule has 1 fully saturated rings. The van der Waals surface area contributed by atoms with Crippen LogP contribution in [0, 0.1) is 0 Å². The van der Waals surface area contributed by atoms with Gasteiger partial charge < -0.3 is 14.8 Å². The van der Waals surface area contributed by atoms with E-state index in [0.717, 1.165) is 17.2 Å². The summed E-state index contributed by atoms with van der Waals surface area (Å²) in [6.07, 6.45) is -2.42. The van der Waals surface area contributed by atoms with Crippen molar-refractivity contribution in [3.8, 4) is 11.5 Å². The Hall–Kier alpha value is -3.62. The number of amidine groups is 1. The van der Waals surface area contributed by atoms with E-state index in [2.05, 4.69) is 10.3 Å². The summed E-state index contributed by atoms with van der Waals surface area (Å²) in [6, 6.07) is 8.53. The quantitative estimate of drug-likeness (QED) is 0.650. The maximum atomic E-state index is 13.5. The van der Waals surface area contributed by atoms with Gasteiger partial charge in [0, 0.05) is 29.0 Å².